The van der Waals surface area contributed by atoms with Crippen molar-refractivity contribution >= 4 is 5.69 Å². The molecule has 0 fully saturated rings. The molecule has 2 rings (SSSR count). The standard InChI is InChI=1S/C13H16N4O2/c1-2-16-8-7-15-13(16)10-14-9-11-3-5-12(6-4-11)17(18)19/h3-8,14H,2,9-10H2,1H3. The van der Waals surface area contributed by atoms with Gasteiger partial charge in [0.05, 0.1) is 11.5 Å². The Morgan fingerprint density at radius 1 is 1.32 bits per heavy atom. The molecular weight excluding hydrogens is 244 g/mol. The van der Waals surface area contributed by atoms with Crippen LogP contribution in [0.2, 0.25) is 0 Å². The Bertz CT molecular complexity index is 548. The van der Waals surface area contributed by atoms with Crippen molar-refractivity contribution in [1.29, 1.82) is 0 Å². The predicted molar refractivity (Wildman–Crippen MR) is 71.5 cm³/mol. The topological polar surface area (TPSA) is 73.0 Å². The zero-order chi connectivity index (χ0) is 13.7. The number of nitro benzene ring substituents is 1. The molecule has 6 heteroatoms. The van der Waals surface area contributed by atoms with Crippen LogP contribution in [0.15, 0.2) is 36.7 Å². The number of nitrogens with zero attached hydrogens (tertiary/aromatic N) is 3. The van der Waals surface area contributed by atoms with Gasteiger partial charge in [0.25, 0.3) is 5.69 Å². The van der Waals surface area contributed by atoms with E-state index in [-0.39, 0.29) is 5.69 Å². The third-order valence-electron chi connectivity index (χ3n) is 2.90. The molecule has 0 spiro atoms. The summed E-state index contributed by atoms with van der Waals surface area (Å²) in [6, 6.07) is 6.56. The zero-order valence-electron chi connectivity index (χ0n) is 10.7. The number of rotatable bonds is 6. The normalized spacial score (nSPS) is 10.6. The third-order valence-corrected chi connectivity index (χ3v) is 2.90. The van der Waals surface area contributed by atoms with Crippen LogP contribution in [-0.4, -0.2) is 14.5 Å². The van der Waals surface area contributed by atoms with E-state index in [2.05, 4.69) is 21.8 Å². The minimum atomic E-state index is -0.394. The summed E-state index contributed by atoms with van der Waals surface area (Å²) in [5.41, 5.74) is 1.13. The molecule has 0 aliphatic rings. The van der Waals surface area contributed by atoms with Crippen molar-refractivity contribution in [3.8, 4) is 0 Å². The van der Waals surface area contributed by atoms with Crippen LogP contribution in [-0.2, 0) is 19.6 Å². The first-order valence-corrected chi connectivity index (χ1v) is 6.14. The number of nitrogens with one attached hydrogen (secondary N) is 1. The van der Waals surface area contributed by atoms with Crippen molar-refractivity contribution in [2.75, 3.05) is 0 Å². The molecule has 0 saturated heterocycles. The van der Waals surface area contributed by atoms with Crippen molar-refractivity contribution in [2.45, 2.75) is 26.6 Å². The number of nitro groups is 1. The Morgan fingerprint density at radius 3 is 2.68 bits per heavy atom. The van der Waals surface area contributed by atoms with E-state index in [0.29, 0.717) is 13.1 Å². The maximum absolute atomic E-state index is 10.5. The van der Waals surface area contributed by atoms with Crippen LogP contribution in [0.25, 0.3) is 0 Å². The van der Waals surface area contributed by atoms with Crippen molar-refractivity contribution in [1.82, 2.24) is 14.9 Å². The molecule has 1 N–H and O–H groups in total. The summed E-state index contributed by atoms with van der Waals surface area (Å²) in [5, 5.41) is 13.8. The summed E-state index contributed by atoms with van der Waals surface area (Å²) in [4.78, 5) is 14.4. The molecule has 100 valence electrons. The van der Waals surface area contributed by atoms with E-state index in [1.807, 2.05) is 6.20 Å². The van der Waals surface area contributed by atoms with Gasteiger partial charge in [-0.1, -0.05) is 12.1 Å². The monoisotopic (exact) mass is 260 g/mol. The first kappa shape index (κ1) is 13.2. The molecule has 2 aromatic rings. The van der Waals surface area contributed by atoms with E-state index < -0.39 is 4.92 Å². The number of benzene rings is 1. The second-order valence-corrected chi connectivity index (χ2v) is 4.16. The van der Waals surface area contributed by atoms with Gasteiger partial charge in [0.15, 0.2) is 0 Å². The molecule has 0 aliphatic carbocycles. The van der Waals surface area contributed by atoms with Gasteiger partial charge in [-0.15, -0.1) is 0 Å². The fourth-order valence-electron chi connectivity index (χ4n) is 1.85. The largest absolute Gasteiger partial charge is 0.334 e. The summed E-state index contributed by atoms with van der Waals surface area (Å²) in [5.74, 6) is 0.990. The second kappa shape index (κ2) is 6.10. The molecular formula is C13H16N4O2. The minimum absolute atomic E-state index is 0.116. The Balaban J connectivity index is 1.87. The Kier molecular flexibility index (Phi) is 4.25. The lowest BCUT2D eigenvalue weighted by Crippen LogP contribution is -2.16. The second-order valence-electron chi connectivity index (χ2n) is 4.16. The van der Waals surface area contributed by atoms with Gasteiger partial charge in [-0.2, -0.15) is 0 Å². The molecule has 1 heterocycles. The fraction of sp³-hybridized carbons (Fsp3) is 0.308. The SMILES string of the molecule is CCn1ccnc1CNCc1ccc([N+](=O)[O-])cc1. The number of non-ortho nitro benzene ring substituents is 1. The maximum atomic E-state index is 10.5. The average molecular weight is 260 g/mol. The number of aromatic nitrogens is 2. The van der Waals surface area contributed by atoms with Crippen LogP contribution >= 0.6 is 0 Å². The zero-order valence-corrected chi connectivity index (χ0v) is 10.7. The number of hydrogen-bond donors (Lipinski definition) is 1. The van der Waals surface area contributed by atoms with Crippen molar-refractivity contribution in [2.24, 2.45) is 0 Å². The molecule has 0 amide bonds. The molecule has 1 aromatic carbocycles. The molecule has 0 saturated carbocycles. The van der Waals surface area contributed by atoms with E-state index in [0.717, 1.165) is 17.9 Å². The third kappa shape index (κ3) is 3.38. The van der Waals surface area contributed by atoms with Crippen LogP contribution in [0.4, 0.5) is 5.69 Å². The van der Waals surface area contributed by atoms with Crippen LogP contribution in [0.5, 0.6) is 0 Å². The van der Waals surface area contributed by atoms with E-state index in [4.69, 9.17) is 0 Å². The Labute approximate surface area is 111 Å². The lowest BCUT2D eigenvalue weighted by molar-refractivity contribution is -0.384. The first-order valence-electron chi connectivity index (χ1n) is 6.14. The molecule has 0 unspecified atom stereocenters. The molecule has 6 nitrogen and oxygen atoms in total. The molecule has 19 heavy (non-hydrogen) atoms. The van der Waals surface area contributed by atoms with Gasteiger partial charge in [0.2, 0.25) is 0 Å². The highest BCUT2D eigenvalue weighted by Crippen LogP contribution is 2.11. The van der Waals surface area contributed by atoms with Gasteiger partial charge in [-0.3, -0.25) is 10.1 Å². The Hall–Kier alpha value is -2.21. The van der Waals surface area contributed by atoms with Crippen LogP contribution in [0, 0.1) is 10.1 Å². The van der Waals surface area contributed by atoms with Gasteiger partial charge in [-0.25, -0.2) is 4.98 Å². The van der Waals surface area contributed by atoms with Crippen LogP contribution in [0.3, 0.4) is 0 Å². The average Bonchev–Trinajstić information content (AvgIpc) is 2.87. The molecule has 0 aliphatic heterocycles. The van der Waals surface area contributed by atoms with Gasteiger partial charge in [0.1, 0.15) is 5.82 Å². The van der Waals surface area contributed by atoms with Crippen molar-refractivity contribution in [3.05, 3.63) is 58.2 Å². The molecule has 0 bridgehead atoms. The molecule has 0 radical (unpaired) electrons. The quantitative estimate of drug-likeness (QED) is 0.637. The first-order chi connectivity index (χ1) is 9.20. The number of imidazole rings is 1. The van der Waals surface area contributed by atoms with Gasteiger partial charge < -0.3 is 9.88 Å². The fourth-order valence-corrected chi connectivity index (χ4v) is 1.85. The molecule has 1 aromatic heterocycles. The summed E-state index contributed by atoms with van der Waals surface area (Å²) >= 11 is 0. The summed E-state index contributed by atoms with van der Waals surface area (Å²) < 4.78 is 2.07. The van der Waals surface area contributed by atoms with Gasteiger partial charge in [0, 0.05) is 37.6 Å². The summed E-state index contributed by atoms with van der Waals surface area (Å²) in [6.45, 7) is 4.31. The Morgan fingerprint density at radius 2 is 2.05 bits per heavy atom. The highest BCUT2D eigenvalue weighted by Gasteiger charge is 2.04. The minimum Gasteiger partial charge on any atom is -0.334 e. The van der Waals surface area contributed by atoms with E-state index in [9.17, 15) is 10.1 Å². The van der Waals surface area contributed by atoms with Crippen molar-refractivity contribution in [3.63, 3.8) is 0 Å². The number of aryl methyl sites for hydroxylation is 1. The van der Waals surface area contributed by atoms with Gasteiger partial charge in [-0.05, 0) is 12.5 Å². The highest BCUT2D eigenvalue weighted by molar-refractivity contribution is 5.32. The smallest absolute Gasteiger partial charge is 0.269 e. The maximum Gasteiger partial charge on any atom is 0.269 e. The molecule has 0 atom stereocenters. The summed E-state index contributed by atoms with van der Waals surface area (Å²) in [6.07, 6.45) is 3.73. The van der Waals surface area contributed by atoms with E-state index >= 15 is 0 Å². The van der Waals surface area contributed by atoms with Gasteiger partial charge >= 0.3 is 0 Å². The van der Waals surface area contributed by atoms with Crippen molar-refractivity contribution < 1.29 is 4.92 Å². The predicted octanol–water partition coefficient (Wildman–Crippen LogP) is 2.10. The summed E-state index contributed by atoms with van der Waals surface area (Å²) in [7, 11) is 0. The van der Waals surface area contributed by atoms with Crippen LogP contribution < -0.4 is 5.32 Å². The van der Waals surface area contributed by atoms with E-state index in [1.54, 1.807) is 18.3 Å². The van der Waals surface area contributed by atoms with E-state index in [1.165, 1.54) is 12.1 Å². The lowest BCUT2D eigenvalue weighted by Gasteiger charge is -2.06. The lowest BCUT2D eigenvalue weighted by atomic mass is 10.2. The highest BCUT2D eigenvalue weighted by atomic mass is 16.6. The number of hydrogen-bond acceptors (Lipinski definition) is 4. The van der Waals surface area contributed by atoms with Crippen LogP contribution in [0.1, 0.15) is 18.3 Å².